The van der Waals surface area contributed by atoms with Crippen LogP contribution in [0.3, 0.4) is 0 Å². The molecule has 0 amide bonds. The lowest BCUT2D eigenvalue weighted by molar-refractivity contribution is -0.134. The molecule has 4 heteroatoms. The van der Waals surface area contributed by atoms with Gasteiger partial charge >= 0.3 is 0 Å². The average molecular weight is 305 g/mol. The highest BCUT2D eigenvalue weighted by Gasteiger charge is 2.14. The van der Waals surface area contributed by atoms with Gasteiger partial charge in [0.1, 0.15) is 0 Å². The molecular weight excluding hydrogens is 278 g/mol. The van der Waals surface area contributed by atoms with Crippen molar-refractivity contribution < 1.29 is 15.0 Å². The number of rotatable bonds is 4. The lowest BCUT2D eigenvalue weighted by Gasteiger charge is -2.22. The molecule has 4 N–H and O–H groups in total. The maximum atomic E-state index is 9.00. The topological polar surface area (TPSA) is 83.5 Å². The second-order valence-electron chi connectivity index (χ2n) is 5.72. The minimum Gasteiger partial charge on any atom is -0.481 e. The van der Waals surface area contributed by atoms with Gasteiger partial charge in [-0.3, -0.25) is 4.79 Å². The Morgan fingerprint density at radius 3 is 2.27 bits per heavy atom. The molecule has 1 aromatic rings. The van der Waals surface area contributed by atoms with Gasteiger partial charge in [-0.1, -0.05) is 35.9 Å². The van der Waals surface area contributed by atoms with Gasteiger partial charge in [0, 0.05) is 13.5 Å². The van der Waals surface area contributed by atoms with Gasteiger partial charge in [0.25, 0.3) is 5.97 Å². The van der Waals surface area contributed by atoms with Crippen molar-refractivity contribution in [2.75, 3.05) is 13.2 Å². The van der Waals surface area contributed by atoms with E-state index >= 15 is 0 Å². The van der Waals surface area contributed by atoms with E-state index in [0.29, 0.717) is 0 Å². The minimum absolute atomic E-state index is 0.223. The Kier molecular flexibility index (Phi) is 8.48. The summed E-state index contributed by atoms with van der Waals surface area (Å²) in [6.45, 7) is 2.14. The van der Waals surface area contributed by atoms with Crippen LogP contribution in [0.4, 0.5) is 0 Å². The van der Waals surface area contributed by atoms with Crippen LogP contribution in [0.2, 0.25) is 0 Å². The quantitative estimate of drug-likeness (QED) is 0.798. The minimum atomic E-state index is -0.833. The summed E-state index contributed by atoms with van der Waals surface area (Å²) in [6.07, 6.45) is 7.93. The number of carbonyl (C=O) groups is 1. The van der Waals surface area contributed by atoms with Crippen molar-refractivity contribution in [1.29, 1.82) is 0 Å². The van der Waals surface area contributed by atoms with E-state index in [1.165, 1.54) is 36.8 Å². The van der Waals surface area contributed by atoms with Gasteiger partial charge in [0.15, 0.2) is 0 Å². The fourth-order valence-electron chi connectivity index (χ4n) is 2.57. The van der Waals surface area contributed by atoms with Crippen molar-refractivity contribution in [3.8, 4) is 0 Å². The van der Waals surface area contributed by atoms with Crippen LogP contribution in [-0.2, 0) is 11.2 Å². The maximum Gasteiger partial charge on any atom is 0.300 e. The molecule has 1 fully saturated rings. The Balaban J connectivity index is 0.000000541. The van der Waals surface area contributed by atoms with Crippen LogP contribution < -0.4 is 5.73 Å². The molecule has 0 aromatic heterocycles. The van der Waals surface area contributed by atoms with E-state index in [4.69, 9.17) is 20.7 Å². The first kappa shape index (κ1) is 18.4. The maximum absolute atomic E-state index is 9.00. The molecular formula is C18H27NO3. The second kappa shape index (κ2) is 10.1. The summed E-state index contributed by atoms with van der Waals surface area (Å²) in [5.74, 6) is -0.103. The summed E-state index contributed by atoms with van der Waals surface area (Å²) in [5.41, 5.74) is 9.73. The zero-order chi connectivity index (χ0) is 16.4. The third-order valence-electron chi connectivity index (χ3n) is 3.83. The van der Waals surface area contributed by atoms with Crippen molar-refractivity contribution >= 4 is 12.0 Å². The van der Waals surface area contributed by atoms with Crippen molar-refractivity contribution in [2.45, 2.75) is 39.0 Å². The van der Waals surface area contributed by atoms with Gasteiger partial charge in [0.05, 0.1) is 0 Å². The predicted octanol–water partition coefficient (Wildman–Crippen LogP) is 2.84. The first-order valence-corrected chi connectivity index (χ1v) is 7.84. The van der Waals surface area contributed by atoms with Crippen LogP contribution in [0.1, 0.15) is 43.7 Å². The third-order valence-corrected chi connectivity index (χ3v) is 3.83. The number of nitrogens with two attached hydrogens (primary N) is 1. The van der Waals surface area contributed by atoms with Crippen molar-refractivity contribution in [3.63, 3.8) is 0 Å². The molecule has 1 aliphatic carbocycles. The van der Waals surface area contributed by atoms with E-state index in [1.807, 2.05) is 0 Å². The fraction of sp³-hybridized carbons (Fsp3) is 0.500. The molecule has 0 heterocycles. The van der Waals surface area contributed by atoms with Crippen LogP contribution >= 0.6 is 0 Å². The Labute approximate surface area is 132 Å². The molecule has 1 aliphatic rings. The van der Waals surface area contributed by atoms with Gasteiger partial charge in [-0.15, -0.1) is 0 Å². The number of hydrogen-bond acceptors (Lipinski definition) is 3. The second-order valence-corrected chi connectivity index (χ2v) is 5.72. The Morgan fingerprint density at radius 2 is 1.82 bits per heavy atom. The van der Waals surface area contributed by atoms with E-state index < -0.39 is 5.97 Å². The SMILES string of the molecule is CC(=O)O.NCC1CCC(=Cc2ccc(CCO)cc2)CC1. The van der Waals surface area contributed by atoms with Crippen LogP contribution in [0.15, 0.2) is 29.8 Å². The highest BCUT2D eigenvalue weighted by atomic mass is 16.4. The zero-order valence-electron chi connectivity index (χ0n) is 13.3. The third kappa shape index (κ3) is 7.38. The number of aliphatic hydroxyl groups excluding tert-OH is 1. The van der Waals surface area contributed by atoms with Gasteiger partial charge in [-0.25, -0.2) is 0 Å². The fourth-order valence-corrected chi connectivity index (χ4v) is 2.57. The van der Waals surface area contributed by atoms with E-state index in [2.05, 4.69) is 30.3 Å². The Bertz CT molecular complexity index is 466. The molecule has 0 aliphatic heterocycles. The molecule has 1 saturated carbocycles. The monoisotopic (exact) mass is 305 g/mol. The normalized spacial score (nSPS) is 17.4. The van der Waals surface area contributed by atoms with E-state index in [0.717, 1.165) is 25.8 Å². The van der Waals surface area contributed by atoms with E-state index in [1.54, 1.807) is 5.57 Å². The first-order valence-electron chi connectivity index (χ1n) is 7.84. The van der Waals surface area contributed by atoms with Crippen LogP contribution in [-0.4, -0.2) is 29.3 Å². The molecule has 1 aromatic carbocycles. The Hall–Kier alpha value is -1.65. The summed E-state index contributed by atoms with van der Waals surface area (Å²) >= 11 is 0. The van der Waals surface area contributed by atoms with Crippen LogP contribution in [0.25, 0.3) is 6.08 Å². The van der Waals surface area contributed by atoms with Gasteiger partial charge in [0.2, 0.25) is 0 Å². The molecule has 0 saturated heterocycles. The summed E-state index contributed by atoms with van der Waals surface area (Å²) in [6, 6.07) is 8.50. The van der Waals surface area contributed by atoms with E-state index in [9.17, 15) is 0 Å². The molecule has 0 bridgehead atoms. The zero-order valence-corrected chi connectivity index (χ0v) is 13.3. The first-order chi connectivity index (χ1) is 10.5. The van der Waals surface area contributed by atoms with Gasteiger partial charge in [-0.05, 0) is 55.7 Å². The van der Waals surface area contributed by atoms with Crippen molar-refractivity contribution in [3.05, 3.63) is 41.0 Å². The summed E-state index contributed by atoms with van der Waals surface area (Å²) in [5, 5.41) is 16.3. The van der Waals surface area contributed by atoms with E-state index in [-0.39, 0.29) is 6.61 Å². The molecule has 122 valence electrons. The lowest BCUT2D eigenvalue weighted by Crippen LogP contribution is -2.17. The molecule has 4 nitrogen and oxygen atoms in total. The highest BCUT2D eigenvalue weighted by Crippen LogP contribution is 2.28. The number of benzene rings is 1. The molecule has 0 spiro atoms. The highest BCUT2D eigenvalue weighted by molar-refractivity contribution is 5.63. The largest absolute Gasteiger partial charge is 0.481 e. The number of allylic oxidation sites excluding steroid dienone is 1. The number of aliphatic carboxylic acids is 1. The molecule has 0 radical (unpaired) electrons. The summed E-state index contributed by atoms with van der Waals surface area (Å²) < 4.78 is 0. The molecule has 22 heavy (non-hydrogen) atoms. The number of carboxylic acid groups (broad SMARTS) is 1. The van der Waals surface area contributed by atoms with Crippen molar-refractivity contribution in [2.24, 2.45) is 11.7 Å². The summed E-state index contributed by atoms with van der Waals surface area (Å²) in [4.78, 5) is 9.00. The number of carboxylic acids is 1. The van der Waals surface area contributed by atoms with Gasteiger partial charge in [-0.2, -0.15) is 0 Å². The molecule has 0 atom stereocenters. The standard InChI is InChI=1S/C16H23NO.C2H4O2/c17-12-16-7-5-15(6-8-16)11-14-3-1-13(2-4-14)9-10-18;1-2(3)4/h1-4,11,16,18H,5-10,12,17H2;1H3,(H,3,4). The Morgan fingerprint density at radius 1 is 1.27 bits per heavy atom. The molecule has 0 unspecified atom stereocenters. The van der Waals surface area contributed by atoms with Crippen LogP contribution in [0, 0.1) is 5.92 Å². The molecule has 2 rings (SSSR count). The average Bonchev–Trinajstić information content (AvgIpc) is 2.50. The smallest absolute Gasteiger partial charge is 0.300 e. The predicted molar refractivity (Wildman–Crippen MR) is 89.5 cm³/mol. The van der Waals surface area contributed by atoms with Crippen LogP contribution in [0.5, 0.6) is 0 Å². The van der Waals surface area contributed by atoms with Crippen molar-refractivity contribution in [1.82, 2.24) is 0 Å². The number of aliphatic hydroxyl groups is 1. The lowest BCUT2D eigenvalue weighted by atomic mass is 9.85. The van der Waals surface area contributed by atoms with Gasteiger partial charge < -0.3 is 15.9 Å². The summed E-state index contributed by atoms with van der Waals surface area (Å²) in [7, 11) is 0. The number of hydrogen-bond donors (Lipinski definition) is 3.